The first-order valence-electron chi connectivity index (χ1n) is 13.1. The van der Waals surface area contributed by atoms with Crippen molar-refractivity contribution in [1.82, 2.24) is 5.32 Å². The normalized spacial score (nSPS) is 19.9. The molecule has 0 saturated heterocycles. The lowest BCUT2D eigenvalue weighted by molar-refractivity contribution is -0.129. The highest BCUT2D eigenvalue weighted by Crippen LogP contribution is 2.43. The fourth-order valence-corrected chi connectivity index (χ4v) is 6.73. The summed E-state index contributed by atoms with van der Waals surface area (Å²) in [4.78, 5) is 13.9. The summed E-state index contributed by atoms with van der Waals surface area (Å²) in [6.45, 7) is 7.85. The number of aryl methyl sites for hydroxylation is 2. The highest BCUT2D eigenvalue weighted by molar-refractivity contribution is 7.92. The minimum absolute atomic E-state index is 0.129. The Kier molecular flexibility index (Phi) is 6.86. The molecule has 3 aromatic carbocycles. The highest BCUT2D eigenvalue weighted by atomic mass is 32.2. The molecule has 8 heteroatoms. The summed E-state index contributed by atoms with van der Waals surface area (Å²) in [6, 6.07) is 19.6. The van der Waals surface area contributed by atoms with E-state index in [1.54, 1.807) is 36.4 Å². The predicted molar refractivity (Wildman–Crippen MR) is 147 cm³/mol. The van der Waals surface area contributed by atoms with E-state index in [1.807, 2.05) is 44.2 Å². The summed E-state index contributed by atoms with van der Waals surface area (Å²) >= 11 is 0. The summed E-state index contributed by atoms with van der Waals surface area (Å²) in [7, 11) is -3.93. The van der Waals surface area contributed by atoms with Crippen molar-refractivity contribution in [2.24, 2.45) is 0 Å². The van der Waals surface area contributed by atoms with Gasteiger partial charge in [-0.2, -0.15) is 0 Å². The highest BCUT2D eigenvalue weighted by Gasteiger charge is 2.42. The van der Waals surface area contributed by atoms with Gasteiger partial charge >= 0.3 is 0 Å². The van der Waals surface area contributed by atoms with Gasteiger partial charge in [-0.3, -0.25) is 9.10 Å². The minimum atomic E-state index is -3.93. The molecule has 0 aliphatic carbocycles. The zero-order valence-electron chi connectivity index (χ0n) is 22.2. The monoisotopic (exact) mass is 534 g/mol. The van der Waals surface area contributed by atoms with Crippen molar-refractivity contribution in [3.05, 3.63) is 83.4 Å². The summed E-state index contributed by atoms with van der Waals surface area (Å²) < 4.78 is 41.4. The predicted octanol–water partition coefficient (Wildman–Crippen LogP) is 5.46. The van der Waals surface area contributed by atoms with Gasteiger partial charge in [-0.05, 0) is 62.6 Å². The Bertz CT molecular complexity index is 1450. The molecule has 200 valence electrons. The Morgan fingerprint density at radius 3 is 2.37 bits per heavy atom. The van der Waals surface area contributed by atoms with E-state index in [4.69, 9.17) is 9.47 Å². The van der Waals surface area contributed by atoms with Crippen molar-refractivity contribution < 1.29 is 22.7 Å². The van der Waals surface area contributed by atoms with Crippen LogP contribution in [-0.2, 0) is 14.8 Å². The van der Waals surface area contributed by atoms with E-state index in [1.165, 1.54) is 4.31 Å². The molecule has 0 unspecified atom stereocenters. The van der Waals surface area contributed by atoms with Gasteiger partial charge in [0.2, 0.25) is 0 Å². The van der Waals surface area contributed by atoms with Gasteiger partial charge in [-0.1, -0.05) is 55.8 Å². The van der Waals surface area contributed by atoms with Crippen LogP contribution in [0.3, 0.4) is 0 Å². The summed E-state index contributed by atoms with van der Waals surface area (Å²) in [5.41, 5.74) is 2.82. The molecule has 0 spiro atoms. The number of carbonyl (C=O) groups excluding carboxylic acids is 1. The average molecular weight is 535 g/mol. The quantitative estimate of drug-likeness (QED) is 0.454. The Hall–Kier alpha value is -3.52. The number of nitrogens with one attached hydrogen (secondary N) is 1. The first-order chi connectivity index (χ1) is 18.2. The van der Waals surface area contributed by atoms with Crippen LogP contribution in [-0.4, -0.2) is 32.6 Å². The maximum absolute atomic E-state index is 13.8. The molecule has 0 bridgehead atoms. The number of carbonyl (C=O) groups is 1. The molecule has 2 atom stereocenters. The first kappa shape index (κ1) is 26.1. The molecule has 2 aliphatic heterocycles. The lowest BCUT2D eigenvalue weighted by Crippen LogP contribution is -2.52. The summed E-state index contributed by atoms with van der Waals surface area (Å²) in [5, 5.41) is 3.16. The third-order valence-corrected chi connectivity index (χ3v) is 9.48. The fourth-order valence-electron chi connectivity index (χ4n) is 5.26. The maximum atomic E-state index is 13.8. The van der Waals surface area contributed by atoms with Crippen LogP contribution < -0.4 is 19.1 Å². The first-order valence-corrected chi connectivity index (χ1v) is 14.5. The van der Waals surface area contributed by atoms with Crippen LogP contribution in [0.15, 0.2) is 71.6 Å². The zero-order chi connectivity index (χ0) is 27.1. The molecule has 0 fully saturated rings. The molecule has 38 heavy (non-hydrogen) atoms. The van der Waals surface area contributed by atoms with Gasteiger partial charge in [-0.25, -0.2) is 8.42 Å². The Balaban J connectivity index is 1.47. The Labute approximate surface area is 224 Å². The molecular weight excluding hydrogens is 500 g/mol. The largest absolute Gasteiger partial charge is 0.487 e. The third-order valence-electron chi connectivity index (χ3n) is 7.69. The molecule has 0 aromatic heterocycles. The number of rotatable bonds is 6. The lowest BCUT2D eigenvalue weighted by atomic mass is 9.83. The zero-order valence-corrected chi connectivity index (χ0v) is 23.0. The van der Waals surface area contributed by atoms with Crippen LogP contribution in [0.1, 0.15) is 55.8 Å². The number of anilines is 1. The van der Waals surface area contributed by atoms with Crippen LogP contribution in [0.25, 0.3) is 0 Å². The second-order valence-electron chi connectivity index (χ2n) is 10.2. The topological polar surface area (TPSA) is 84.9 Å². The maximum Gasteiger partial charge on any atom is 0.264 e. The standard InChI is InChI=1S/C30H34N2O5S/c1-5-30(6-2)18-24(23-9-7-8-10-26(23)37-30)31-29(33)28-19-32(25-17-21(4)13-16-27(25)36-28)38(34,35)22-14-11-20(3)12-15-22/h7-17,24,28H,5-6,18-19H2,1-4H3,(H,31,33)/t24-,28-/m0/s1. The molecule has 0 saturated carbocycles. The lowest BCUT2D eigenvalue weighted by Gasteiger charge is -2.42. The van der Waals surface area contributed by atoms with E-state index < -0.39 is 16.1 Å². The van der Waals surface area contributed by atoms with E-state index in [9.17, 15) is 13.2 Å². The molecule has 2 aliphatic rings. The number of ether oxygens (including phenoxy) is 2. The molecule has 1 amide bonds. The molecule has 5 rings (SSSR count). The van der Waals surface area contributed by atoms with Gasteiger partial charge in [0.25, 0.3) is 15.9 Å². The third kappa shape index (κ3) is 4.73. The Morgan fingerprint density at radius 1 is 0.974 bits per heavy atom. The van der Waals surface area contributed by atoms with Gasteiger partial charge in [0, 0.05) is 12.0 Å². The number of fused-ring (bicyclic) bond motifs is 2. The van der Waals surface area contributed by atoms with Crippen LogP contribution in [0.5, 0.6) is 11.5 Å². The molecule has 1 N–H and O–H groups in total. The second kappa shape index (κ2) is 9.98. The van der Waals surface area contributed by atoms with Crippen molar-refractivity contribution in [3.8, 4) is 11.5 Å². The van der Waals surface area contributed by atoms with E-state index in [0.29, 0.717) is 17.9 Å². The molecule has 2 heterocycles. The molecule has 3 aromatic rings. The van der Waals surface area contributed by atoms with Crippen molar-refractivity contribution in [2.75, 3.05) is 10.8 Å². The number of hydrogen-bond acceptors (Lipinski definition) is 5. The van der Waals surface area contributed by atoms with Crippen LogP contribution >= 0.6 is 0 Å². The molecule has 0 radical (unpaired) electrons. The Morgan fingerprint density at radius 2 is 1.66 bits per heavy atom. The van der Waals surface area contributed by atoms with Crippen molar-refractivity contribution in [2.45, 2.75) is 69.6 Å². The van der Waals surface area contributed by atoms with Crippen molar-refractivity contribution in [3.63, 3.8) is 0 Å². The second-order valence-corrected chi connectivity index (χ2v) is 12.1. The number of sulfonamides is 1. The van der Waals surface area contributed by atoms with E-state index >= 15 is 0 Å². The van der Waals surface area contributed by atoms with Gasteiger partial charge in [-0.15, -0.1) is 0 Å². The number of hydrogen-bond donors (Lipinski definition) is 1. The van der Waals surface area contributed by atoms with Crippen LogP contribution in [0.4, 0.5) is 5.69 Å². The van der Waals surface area contributed by atoms with Crippen molar-refractivity contribution >= 4 is 21.6 Å². The van der Waals surface area contributed by atoms with Crippen molar-refractivity contribution in [1.29, 1.82) is 0 Å². The van der Waals surface area contributed by atoms with Gasteiger partial charge in [0.05, 0.1) is 23.2 Å². The van der Waals surface area contributed by atoms with E-state index in [2.05, 4.69) is 19.2 Å². The smallest absolute Gasteiger partial charge is 0.264 e. The SMILES string of the molecule is CCC1(CC)C[C@H](NC(=O)[C@@H]2CN(S(=O)(=O)c3ccc(C)cc3)c3cc(C)ccc3O2)c2ccccc2O1. The fraction of sp³-hybridized carbons (Fsp3) is 0.367. The molecular formula is C30H34N2O5S. The van der Waals surface area contributed by atoms with E-state index in [-0.39, 0.29) is 29.0 Å². The number of para-hydroxylation sites is 1. The number of amides is 1. The van der Waals surface area contributed by atoms with Crippen LogP contribution in [0.2, 0.25) is 0 Å². The minimum Gasteiger partial charge on any atom is -0.487 e. The van der Waals surface area contributed by atoms with Gasteiger partial charge < -0.3 is 14.8 Å². The summed E-state index contributed by atoms with van der Waals surface area (Å²) in [5.74, 6) is 0.770. The van der Waals surface area contributed by atoms with Crippen LogP contribution in [0, 0.1) is 13.8 Å². The van der Waals surface area contributed by atoms with E-state index in [0.717, 1.165) is 35.3 Å². The number of nitrogens with zero attached hydrogens (tertiary/aromatic N) is 1. The van der Waals surface area contributed by atoms with Gasteiger partial charge in [0.1, 0.15) is 17.1 Å². The van der Waals surface area contributed by atoms with Gasteiger partial charge in [0.15, 0.2) is 6.10 Å². The molecule has 7 nitrogen and oxygen atoms in total. The average Bonchev–Trinajstić information content (AvgIpc) is 2.92. The summed E-state index contributed by atoms with van der Waals surface area (Å²) in [6.07, 6.45) is 1.22. The number of benzene rings is 3.